The van der Waals surface area contributed by atoms with Gasteiger partial charge in [0, 0.05) is 11.4 Å². The molecule has 0 saturated carbocycles. The molecule has 0 bridgehead atoms. The van der Waals surface area contributed by atoms with Gasteiger partial charge in [-0.1, -0.05) is 18.2 Å². The van der Waals surface area contributed by atoms with E-state index in [1.165, 1.54) is 12.1 Å². The molecule has 0 spiro atoms. The third-order valence-electron chi connectivity index (χ3n) is 2.92. The average molecular weight is 311 g/mol. The number of hydrogen-bond donors (Lipinski definition) is 2. The van der Waals surface area contributed by atoms with Gasteiger partial charge in [0.1, 0.15) is 0 Å². The number of aliphatic hydroxyl groups is 1. The number of rotatable bonds is 6. The zero-order valence-electron chi connectivity index (χ0n) is 11.1. The zero-order valence-corrected chi connectivity index (χ0v) is 12.7. The van der Waals surface area contributed by atoms with Gasteiger partial charge in [-0.2, -0.15) is 0 Å². The Kier molecular flexibility index (Phi) is 4.93. The molecular weight excluding hydrogens is 294 g/mol. The van der Waals surface area contributed by atoms with E-state index in [1.54, 1.807) is 30.4 Å². The molecule has 1 aromatic heterocycles. The van der Waals surface area contributed by atoms with Gasteiger partial charge in [0.15, 0.2) is 0 Å². The van der Waals surface area contributed by atoms with Crippen molar-refractivity contribution in [3.8, 4) is 0 Å². The van der Waals surface area contributed by atoms with Gasteiger partial charge in [0.05, 0.1) is 11.0 Å². The van der Waals surface area contributed by atoms with Gasteiger partial charge in [-0.15, -0.1) is 11.3 Å². The van der Waals surface area contributed by atoms with Gasteiger partial charge >= 0.3 is 0 Å². The minimum Gasteiger partial charge on any atom is -0.389 e. The molecule has 0 aliphatic heterocycles. The summed E-state index contributed by atoms with van der Waals surface area (Å²) in [5.41, 5.74) is 0.697. The van der Waals surface area contributed by atoms with Crippen molar-refractivity contribution in [2.45, 2.75) is 24.3 Å². The molecule has 1 unspecified atom stereocenters. The Bertz CT molecular complexity index is 632. The van der Waals surface area contributed by atoms with E-state index in [9.17, 15) is 13.5 Å². The smallest absolute Gasteiger partial charge is 0.240 e. The highest BCUT2D eigenvalue weighted by molar-refractivity contribution is 7.89. The fourth-order valence-electron chi connectivity index (χ4n) is 1.77. The Morgan fingerprint density at radius 3 is 2.50 bits per heavy atom. The number of nitrogens with one attached hydrogen (secondary N) is 1. The first-order valence-electron chi connectivity index (χ1n) is 6.29. The van der Waals surface area contributed by atoms with E-state index in [0.29, 0.717) is 18.5 Å². The van der Waals surface area contributed by atoms with Crippen LogP contribution in [-0.4, -0.2) is 20.1 Å². The second-order valence-corrected chi connectivity index (χ2v) is 7.27. The number of aliphatic hydroxyl groups excluding tert-OH is 1. The predicted octanol–water partition coefficient (Wildman–Crippen LogP) is 2.32. The molecule has 2 rings (SSSR count). The summed E-state index contributed by atoms with van der Waals surface area (Å²) >= 11 is 1.61. The Morgan fingerprint density at radius 1 is 1.25 bits per heavy atom. The largest absolute Gasteiger partial charge is 0.389 e. The van der Waals surface area contributed by atoms with Crippen molar-refractivity contribution in [3.63, 3.8) is 0 Å². The fourth-order valence-corrected chi connectivity index (χ4v) is 3.51. The first-order chi connectivity index (χ1) is 9.49. The summed E-state index contributed by atoms with van der Waals surface area (Å²) in [7, 11) is -3.48. The standard InChI is InChI=1S/C14H17NO3S2/c1-11(16)12-4-6-14(7-5-12)20(17,18)15-9-8-13-3-2-10-19-13/h2-7,10-11,15-16H,8-9H2,1H3. The lowest BCUT2D eigenvalue weighted by Crippen LogP contribution is -2.25. The molecule has 4 nitrogen and oxygen atoms in total. The van der Waals surface area contributed by atoms with E-state index in [0.717, 1.165) is 4.88 Å². The van der Waals surface area contributed by atoms with Gasteiger partial charge in [-0.3, -0.25) is 0 Å². The van der Waals surface area contributed by atoms with E-state index in [2.05, 4.69) is 4.72 Å². The summed E-state index contributed by atoms with van der Waals surface area (Å²) in [4.78, 5) is 1.37. The molecule has 0 fully saturated rings. The van der Waals surface area contributed by atoms with E-state index in [1.807, 2.05) is 17.5 Å². The summed E-state index contributed by atoms with van der Waals surface area (Å²) in [6.45, 7) is 2.02. The van der Waals surface area contributed by atoms with Crippen LogP contribution in [0.3, 0.4) is 0 Å². The van der Waals surface area contributed by atoms with Gasteiger partial charge in [-0.25, -0.2) is 13.1 Å². The Morgan fingerprint density at radius 2 is 1.95 bits per heavy atom. The summed E-state index contributed by atoms with van der Waals surface area (Å²) in [5.74, 6) is 0. The number of hydrogen-bond acceptors (Lipinski definition) is 4. The van der Waals surface area contributed by atoms with Crippen LogP contribution in [0.25, 0.3) is 0 Å². The fraction of sp³-hybridized carbons (Fsp3) is 0.286. The van der Waals surface area contributed by atoms with Crippen molar-refractivity contribution < 1.29 is 13.5 Å². The average Bonchev–Trinajstić information content (AvgIpc) is 2.92. The molecule has 1 heterocycles. The summed E-state index contributed by atoms with van der Waals surface area (Å²) in [6.07, 6.45) is 0.0846. The van der Waals surface area contributed by atoms with Crippen LogP contribution in [0.4, 0.5) is 0 Å². The van der Waals surface area contributed by atoms with Crippen LogP contribution in [0.5, 0.6) is 0 Å². The normalized spacial score (nSPS) is 13.3. The lowest BCUT2D eigenvalue weighted by Gasteiger charge is -2.08. The molecular formula is C14H17NO3S2. The third-order valence-corrected chi connectivity index (χ3v) is 5.33. The van der Waals surface area contributed by atoms with Crippen molar-refractivity contribution in [1.29, 1.82) is 0 Å². The SMILES string of the molecule is CC(O)c1ccc(S(=O)(=O)NCCc2cccs2)cc1. The monoisotopic (exact) mass is 311 g/mol. The minimum absolute atomic E-state index is 0.216. The number of thiophene rings is 1. The summed E-state index contributed by atoms with van der Waals surface area (Å²) in [6, 6.07) is 10.2. The summed E-state index contributed by atoms with van der Waals surface area (Å²) in [5, 5.41) is 11.4. The molecule has 0 amide bonds. The topological polar surface area (TPSA) is 66.4 Å². The van der Waals surface area contributed by atoms with Gasteiger partial charge < -0.3 is 5.11 Å². The predicted molar refractivity (Wildman–Crippen MR) is 80.3 cm³/mol. The lowest BCUT2D eigenvalue weighted by molar-refractivity contribution is 0.199. The summed E-state index contributed by atoms with van der Waals surface area (Å²) < 4.78 is 26.7. The van der Waals surface area contributed by atoms with Crippen LogP contribution < -0.4 is 4.72 Å². The van der Waals surface area contributed by atoms with Crippen LogP contribution >= 0.6 is 11.3 Å². The molecule has 0 saturated heterocycles. The first kappa shape index (κ1) is 15.2. The van der Waals surface area contributed by atoms with Gasteiger partial charge in [0.2, 0.25) is 10.0 Å². The molecule has 2 N–H and O–H groups in total. The Balaban J connectivity index is 1.99. The van der Waals surface area contributed by atoms with Gasteiger partial charge in [0.25, 0.3) is 0 Å². The van der Waals surface area contributed by atoms with Crippen molar-refractivity contribution in [2.75, 3.05) is 6.54 Å². The first-order valence-corrected chi connectivity index (χ1v) is 8.65. The molecule has 0 aliphatic rings. The molecule has 108 valence electrons. The molecule has 2 aromatic rings. The van der Waals surface area contributed by atoms with E-state index >= 15 is 0 Å². The van der Waals surface area contributed by atoms with Crippen LogP contribution in [0.15, 0.2) is 46.7 Å². The highest BCUT2D eigenvalue weighted by Crippen LogP contribution is 2.16. The molecule has 20 heavy (non-hydrogen) atoms. The maximum absolute atomic E-state index is 12.1. The van der Waals surface area contributed by atoms with E-state index in [4.69, 9.17) is 0 Å². The molecule has 6 heteroatoms. The second kappa shape index (κ2) is 6.49. The maximum atomic E-state index is 12.1. The Hall–Kier alpha value is -1.21. The highest BCUT2D eigenvalue weighted by Gasteiger charge is 2.13. The quantitative estimate of drug-likeness (QED) is 0.860. The third kappa shape index (κ3) is 3.89. The molecule has 0 radical (unpaired) electrons. The van der Waals surface area contributed by atoms with Crippen molar-refractivity contribution >= 4 is 21.4 Å². The molecule has 1 aromatic carbocycles. The minimum atomic E-state index is -3.48. The van der Waals surface area contributed by atoms with Crippen LogP contribution in [-0.2, 0) is 16.4 Å². The Labute approximate surface area is 123 Å². The molecule has 1 atom stereocenters. The second-order valence-electron chi connectivity index (χ2n) is 4.47. The van der Waals surface area contributed by atoms with Crippen LogP contribution in [0.2, 0.25) is 0 Å². The van der Waals surface area contributed by atoms with Crippen molar-refractivity contribution in [1.82, 2.24) is 4.72 Å². The van der Waals surface area contributed by atoms with Crippen LogP contribution in [0.1, 0.15) is 23.5 Å². The van der Waals surface area contributed by atoms with Crippen LogP contribution in [0, 0.1) is 0 Å². The van der Waals surface area contributed by atoms with Crippen molar-refractivity contribution in [2.24, 2.45) is 0 Å². The number of benzene rings is 1. The highest BCUT2D eigenvalue weighted by atomic mass is 32.2. The lowest BCUT2D eigenvalue weighted by atomic mass is 10.1. The maximum Gasteiger partial charge on any atom is 0.240 e. The molecule has 0 aliphatic carbocycles. The zero-order chi connectivity index (χ0) is 14.6. The van der Waals surface area contributed by atoms with E-state index in [-0.39, 0.29) is 4.90 Å². The van der Waals surface area contributed by atoms with Gasteiger partial charge in [-0.05, 0) is 42.5 Å². The number of sulfonamides is 1. The van der Waals surface area contributed by atoms with Crippen molar-refractivity contribution in [3.05, 3.63) is 52.2 Å². The van der Waals surface area contributed by atoms with E-state index < -0.39 is 16.1 Å².